The van der Waals surface area contributed by atoms with Crippen molar-refractivity contribution in [1.82, 2.24) is 0 Å². The van der Waals surface area contributed by atoms with Gasteiger partial charge in [0.1, 0.15) is 11.6 Å². The van der Waals surface area contributed by atoms with Crippen LogP contribution in [0.5, 0.6) is 0 Å². The Hall–Kier alpha value is -1.90. The van der Waals surface area contributed by atoms with Crippen molar-refractivity contribution in [2.24, 2.45) is 0 Å². The molecular formula is C14H13F2N. The lowest BCUT2D eigenvalue weighted by Crippen LogP contribution is -2.00. The van der Waals surface area contributed by atoms with Crippen molar-refractivity contribution in [1.29, 1.82) is 0 Å². The fourth-order valence-electron chi connectivity index (χ4n) is 1.59. The van der Waals surface area contributed by atoms with E-state index >= 15 is 0 Å². The van der Waals surface area contributed by atoms with Crippen molar-refractivity contribution in [3.05, 3.63) is 65.2 Å². The molecule has 3 heteroatoms. The van der Waals surface area contributed by atoms with Gasteiger partial charge in [0.25, 0.3) is 0 Å². The SMILES string of the molecule is Cc1ccc(NCc2cc(F)cc(F)c2)cc1. The first kappa shape index (κ1) is 11.6. The highest BCUT2D eigenvalue weighted by atomic mass is 19.1. The summed E-state index contributed by atoms with van der Waals surface area (Å²) in [5.74, 6) is -1.10. The van der Waals surface area contributed by atoms with E-state index < -0.39 is 11.6 Å². The van der Waals surface area contributed by atoms with Gasteiger partial charge in [-0.3, -0.25) is 0 Å². The minimum atomic E-state index is -0.550. The molecular weight excluding hydrogens is 220 g/mol. The molecule has 2 rings (SSSR count). The Kier molecular flexibility index (Phi) is 3.38. The predicted molar refractivity (Wildman–Crippen MR) is 64.9 cm³/mol. The van der Waals surface area contributed by atoms with Gasteiger partial charge in [0, 0.05) is 18.3 Å². The van der Waals surface area contributed by atoms with Crippen molar-refractivity contribution in [2.45, 2.75) is 13.5 Å². The van der Waals surface area contributed by atoms with Crippen LogP contribution in [-0.2, 0) is 6.54 Å². The predicted octanol–water partition coefficient (Wildman–Crippen LogP) is 3.89. The third kappa shape index (κ3) is 3.28. The van der Waals surface area contributed by atoms with E-state index in [1.165, 1.54) is 17.7 Å². The summed E-state index contributed by atoms with van der Waals surface area (Å²) >= 11 is 0. The lowest BCUT2D eigenvalue weighted by atomic mass is 10.2. The third-order valence-corrected chi connectivity index (χ3v) is 2.47. The van der Waals surface area contributed by atoms with Crippen LogP contribution in [0.15, 0.2) is 42.5 Å². The summed E-state index contributed by atoms with van der Waals surface area (Å²) in [5.41, 5.74) is 2.69. The molecule has 0 fully saturated rings. The number of benzene rings is 2. The number of halogens is 2. The Morgan fingerprint density at radius 3 is 2.12 bits per heavy atom. The number of anilines is 1. The molecule has 88 valence electrons. The molecule has 0 aliphatic rings. The standard InChI is InChI=1S/C14H13F2N/c1-10-2-4-14(5-3-10)17-9-11-6-12(15)8-13(16)7-11/h2-8,17H,9H2,1H3. The Balaban J connectivity index is 2.04. The zero-order chi connectivity index (χ0) is 12.3. The smallest absolute Gasteiger partial charge is 0.126 e. The average molecular weight is 233 g/mol. The summed E-state index contributed by atoms with van der Waals surface area (Å²) in [6.07, 6.45) is 0. The van der Waals surface area contributed by atoms with E-state index in [9.17, 15) is 8.78 Å². The van der Waals surface area contributed by atoms with Crippen molar-refractivity contribution in [3.63, 3.8) is 0 Å². The van der Waals surface area contributed by atoms with E-state index in [4.69, 9.17) is 0 Å². The summed E-state index contributed by atoms with van der Waals surface area (Å²) in [7, 11) is 0. The second kappa shape index (κ2) is 4.95. The topological polar surface area (TPSA) is 12.0 Å². The first-order valence-electron chi connectivity index (χ1n) is 5.39. The van der Waals surface area contributed by atoms with Gasteiger partial charge in [0.15, 0.2) is 0 Å². The van der Waals surface area contributed by atoms with Gasteiger partial charge in [0.2, 0.25) is 0 Å². The highest BCUT2D eigenvalue weighted by molar-refractivity contribution is 5.44. The van der Waals surface area contributed by atoms with E-state index in [-0.39, 0.29) is 0 Å². The average Bonchev–Trinajstić information content (AvgIpc) is 2.27. The van der Waals surface area contributed by atoms with Gasteiger partial charge in [-0.15, -0.1) is 0 Å². The molecule has 0 aliphatic heterocycles. The van der Waals surface area contributed by atoms with Crippen LogP contribution in [0.2, 0.25) is 0 Å². The van der Waals surface area contributed by atoms with Gasteiger partial charge in [-0.1, -0.05) is 17.7 Å². The van der Waals surface area contributed by atoms with E-state index in [0.717, 1.165) is 11.8 Å². The molecule has 0 aromatic heterocycles. The lowest BCUT2D eigenvalue weighted by molar-refractivity contribution is 0.580. The molecule has 0 spiro atoms. The largest absolute Gasteiger partial charge is 0.381 e. The highest BCUT2D eigenvalue weighted by Crippen LogP contribution is 2.12. The summed E-state index contributed by atoms with van der Waals surface area (Å²) < 4.78 is 25.9. The van der Waals surface area contributed by atoms with Crippen LogP contribution in [0, 0.1) is 18.6 Å². The maximum absolute atomic E-state index is 12.9. The van der Waals surface area contributed by atoms with Crippen LogP contribution in [-0.4, -0.2) is 0 Å². The van der Waals surface area contributed by atoms with Crippen molar-refractivity contribution >= 4 is 5.69 Å². The molecule has 2 aromatic carbocycles. The number of hydrogen-bond donors (Lipinski definition) is 1. The van der Waals surface area contributed by atoms with Gasteiger partial charge >= 0.3 is 0 Å². The molecule has 0 unspecified atom stereocenters. The van der Waals surface area contributed by atoms with Gasteiger partial charge in [-0.05, 0) is 36.8 Å². The monoisotopic (exact) mass is 233 g/mol. The zero-order valence-electron chi connectivity index (χ0n) is 9.50. The van der Waals surface area contributed by atoms with Crippen molar-refractivity contribution < 1.29 is 8.78 Å². The molecule has 0 radical (unpaired) electrons. The van der Waals surface area contributed by atoms with Crippen LogP contribution in [0.4, 0.5) is 14.5 Å². The second-order valence-corrected chi connectivity index (χ2v) is 4.00. The van der Waals surface area contributed by atoms with Crippen LogP contribution in [0.25, 0.3) is 0 Å². The summed E-state index contributed by atoms with van der Waals surface area (Å²) in [5, 5.41) is 3.11. The molecule has 0 saturated carbocycles. The molecule has 0 atom stereocenters. The molecule has 0 amide bonds. The van der Waals surface area contributed by atoms with E-state index in [1.807, 2.05) is 31.2 Å². The van der Waals surface area contributed by atoms with Crippen LogP contribution in [0.3, 0.4) is 0 Å². The van der Waals surface area contributed by atoms with Crippen molar-refractivity contribution in [2.75, 3.05) is 5.32 Å². The molecule has 0 bridgehead atoms. The Bertz CT molecular complexity index is 486. The molecule has 17 heavy (non-hydrogen) atoms. The third-order valence-electron chi connectivity index (χ3n) is 2.47. The van der Waals surface area contributed by atoms with Crippen LogP contribution >= 0.6 is 0 Å². The molecule has 2 aromatic rings. The lowest BCUT2D eigenvalue weighted by Gasteiger charge is -2.07. The van der Waals surface area contributed by atoms with Gasteiger partial charge in [0.05, 0.1) is 0 Å². The van der Waals surface area contributed by atoms with Crippen LogP contribution in [0.1, 0.15) is 11.1 Å². The molecule has 0 aliphatic carbocycles. The number of rotatable bonds is 3. The summed E-state index contributed by atoms with van der Waals surface area (Å²) in [6.45, 7) is 2.41. The fourth-order valence-corrected chi connectivity index (χ4v) is 1.59. The summed E-state index contributed by atoms with van der Waals surface area (Å²) in [4.78, 5) is 0. The first-order chi connectivity index (χ1) is 8.13. The molecule has 1 nitrogen and oxygen atoms in total. The number of aryl methyl sites for hydroxylation is 1. The normalized spacial score (nSPS) is 10.3. The van der Waals surface area contributed by atoms with Gasteiger partial charge in [-0.2, -0.15) is 0 Å². The fraction of sp³-hybridized carbons (Fsp3) is 0.143. The Morgan fingerprint density at radius 1 is 0.941 bits per heavy atom. The summed E-state index contributed by atoms with van der Waals surface area (Å²) in [6, 6.07) is 11.4. The first-order valence-corrected chi connectivity index (χ1v) is 5.39. The van der Waals surface area contributed by atoms with E-state index in [1.54, 1.807) is 0 Å². The Labute approximate surface area is 99.1 Å². The number of nitrogens with one attached hydrogen (secondary N) is 1. The molecule has 0 heterocycles. The molecule has 1 N–H and O–H groups in total. The van der Waals surface area contributed by atoms with E-state index in [2.05, 4.69) is 5.32 Å². The maximum Gasteiger partial charge on any atom is 0.126 e. The number of hydrogen-bond acceptors (Lipinski definition) is 1. The maximum atomic E-state index is 12.9. The van der Waals surface area contributed by atoms with Crippen molar-refractivity contribution in [3.8, 4) is 0 Å². The molecule has 0 saturated heterocycles. The van der Waals surface area contributed by atoms with E-state index in [0.29, 0.717) is 12.1 Å². The highest BCUT2D eigenvalue weighted by Gasteiger charge is 2.00. The minimum absolute atomic E-state index is 0.401. The quantitative estimate of drug-likeness (QED) is 0.848. The van der Waals surface area contributed by atoms with Gasteiger partial charge in [-0.25, -0.2) is 8.78 Å². The second-order valence-electron chi connectivity index (χ2n) is 4.00. The van der Waals surface area contributed by atoms with Crippen LogP contribution < -0.4 is 5.32 Å². The Morgan fingerprint density at radius 2 is 1.53 bits per heavy atom. The van der Waals surface area contributed by atoms with Gasteiger partial charge < -0.3 is 5.32 Å². The minimum Gasteiger partial charge on any atom is -0.381 e. The zero-order valence-corrected chi connectivity index (χ0v) is 9.50.